The van der Waals surface area contributed by atoms with E-state index in [1.807, 2.05) is 54.6 Å². The van der Waals surface area contributed by atoms with E-state index in [0.717, 1.165) is 16.7 Å². The van der Waals surface area contributed by atoms with E-state index in [9.17, 15) is 4.79 Å². The zero-order valence-electron chi connectivity index (χ0n) is 11.3. The molecule has 0 spiro atoms. The molecular formula is C17H16ClNO2. The van der Waals surface area contributed by atoms with Gasteiger partial charge in [-0.2, -0.15) is 0 Å². The molecule has 0 aliphatic carbocycles. The van der Waals surface area contributed by atoms with Gasteiger partial charge in [0.2, 0.25) is 0 Å². The van der Waals surface area contributed by atoms with Crippen molar-refractivity contribution in [2.45, 2.75) is 12.5 Å². The molecule has 0 saturated heterocycles. The van der Waals surface area contributed by atoms with Crippen molar-refractivity contribution < 1.29 is 9.90 Å². The molecule has 0 fully saturated rings. The number of carboxylic acids is 1. The van der Waals surface area contributed by atoms with Crippen LogP contribution in [0.4, 0.5) is 0 Å². The minimum atomic E-state index is -0.988. The van der Waals surface area contributed by atoms with Crippen molar-refractivity contribution in [3.05, 3.63) is 71.3 Å². The van der Waals surface area contributed by atoms with Crippen molar-refractivity contribution in [3.8, 4) is 11.8 Å². The Hall–Kier alpha value is -2.28. The van der Waals surface area contributed by atoms with Gasteiger partial charge in [0.1, 0.15) is 6.04 Å². The quantitative estimate of drug-likeness (QED) is 0.856. The predicted molar refractivity (Wildman–Crippen MR) is 85.4 cm³/mol. The highest BCUT2D eigenvalue weighted by molar-refractivity contribution is 5.85. The van der Waals surface area contributed by atoms with Gasteiger partial charge in [-0.25, -0.2) is 0 Å². The van der Waals surface area contributed by atoms with Gasteiger partial charge in [-0.05, 0) is 36.2 Å². The number of carbonyl (C=O) groups is 1. The number of hydrogen-bond donors (Lipinski definition) is 2. The van der Waals surface area contributed by atoms with Crippen molar-refractivity contribution in [3.63, 3.8) is 0 Å². The zero-order chi connectivity index (χ0) is 14.4. The van der Waals surface area contributed by atoms with Crippen LogP contribution in [0.3, 0.4) is 0 Å². The van der Waals surface area contributed by atoms with E-state index >= 15 is 0 Å². The third-order valence-corrected chi connectivity index (χ3v) is 2.85. The molecule has 21 heavy (non-hydrogen) atoms. The number of nitrogens with two attached hydrogens (primary N) is 1. The second-order valence-electron chi connectivity index (χ2n) is 4.46. The summed E-state index contributed by atoms with van der Waals surface area (Å²) in [6.07, 6.45) is 0.321. The Morgan fingerprint density at radius 2 is 1.52 bits per heavy atom. The van der Waals surface area contributed by atoms with Crippen LogP contribution in [-0.4, -0.2) is 17.1 Å². The first-order valence-corrected chi connectivity index (χ1v) is 6.29. The topological polar surface area (TPSA) is 63.3 Å². The Balaban J connectivity index is 0.00000220. The van der Waals surface area contributed by atoms with Crippen LogP contribution in [0.1, 0.15) is 16.7 Å². The van der Waals surface area contributed by atoms with E-state index in [1.165, 1.54) is 0 Å². The molecule has 0 unspecified atom stereocenters. The SMILES string of the molecule is Cl.N[C@H](Cc1ccc(C#Cc2ccccc2)cc1)C(=O)O. The molecule has 0 aliphatic rings. The molecule has 0 amide bonds. The fraction of sp³-hybridized carbons (Fsp3) is 0.118. The molecule has 4 heteroatoms. The summed E-state index contributed by atoms with van der Waals surface area (Å²) in [4.78, 5) is 10.7. The highest BCUT2D eigenvalue weighted by Gasteiger charge is 2.11. The summed E-state index contributed by atoms with van der Waals surface area (Å²) in [7, 11) is 0. The minimum absolute atomic E-state index is 0. The van der Waals surface area contributed by atoms with Crippen LogP contribution in [0.25, 0.3) is 0 Å². The summed E-state index contributed by atoms with van der Waals surface area (Å²) in [6, 6.07) is 16.3. The lowest BCUT2D eigenvalue weighted by Crippen LogP contribution is -2.32. The normalized spacial score (nSPS) is 10.7. The van der Waals surface area contributed by atoms with Gasteiger partial charge in [-0.15, -0.1) is 12.4 Å². The van der Waals surface area contributed by atoms with Crippen molar-refractivity contribution in [2.75, 3.05) is 0 Å². The average molecular weight is 302 g/mol. The Morgan fingerprint density at radius 1 is 1.00 bits per heavy atom. The van der Waals surface area contributed by atoms with Gasteiger partial charge in [0.25, 0.3) is 0 Å². The Labute approximate surface area is 130 Å². The summed E-state index contributed by atoms with van der Waals surface area (Å²) >= 11 is 0. The zero-order valence-corrected chi connectivity index (χ0v) is 12.1. The van der Waals surface area contributed by atoms with Gasteiger partial charge >= 0.3 is 5.97 Å². The lowest BCUT2D eigenvalue weighted by atomic mass is 10.0. The summed E-state index contributed by atoms with van der Waals surface area (Å²) in [6.45, 7) is 0. The maximum absolute atomic E-state index is 10.7. The van der Waals surface area contributed by atoms with Gasteiger partial charge in [0.05, 0.1) is 0 Å². The maximum atomic E-state index is 10.7. The molecule has 3 nitrogen and oxygen atoms in total. The number of rotatable bonds is 3. The highest BCUT2D eigenvalue weighted by Crippen LogP contribution is 2.06. The monoisotopic (exact) mass is 301 g/mol. The predicted octanol–water partition coefficient (Wildman–Crippen LogP) is 2.46. The van der Waals surface area contributed by atoms with Crippen LogP contribution >= 0.6 is 12.4 Å². The molecule has 0 aliphatic heterocycles. The second kappa shape index (κ2) is 8.11. The molecule has 0 heterocycles. The van der Waals surface area contributed by atoms with E-state index in [-0.39, 0.29) is 12.4 Å². The molecule has 2 aromatic carbocycles. The number of hydrogen-bond acceptors (Lipinski definition) is 2. The van der Waals surface area contributed by atoms with Crippen LogP contribution in [0.5, 0.6) is 0 Å². The van der Waals surface area contributed by atoms with Gasteiger partial charge in [0.15, 0.2) is 0 Å². The first-order valence-electron chi connectivity index (χ1n) is 6.29. The largest absolute Gasteiger partial charge is 0.480 e. The average Bonchev–Trinajstić information content (AvgIpc) is 2.47. The summed E-state index contributed by atoms with van der Waals surface area (Å²) in [5.74, 6) is 5.15. The molecule has 0 aromatic heterocycles. The molecule has 1 atom stereocenters. The fourth-order valence-corrected chi connectivity index (χ4v) is 1.73. The Morgan fingerprint density at radius 3 is 2.05 bits per heavy atom. The van der Waals surface area contributed by atoms with Crippen LogP contribution < -0.4 is 5.73 Å². The summed E-state index contributed by atoms with van der Waals surface area (Å²) in [5.41, 5.74) is 8.24. The standard InChI is InChI=1S/C17H15NO2.ClH/c18-16(17(19)20)12-15-10-8-14(9-11-15)7-6-13-4-2-1-3-5-13;/h1-5,8-11,16H,12,18H2,(H,19,20);1H/t16-;/m1./s1. The molecule has 2 rings (SSSR count). The second-order valence-corrected chi connectivity index (χ2v) is 4.46. The van der Waals surface area contributed by atoms with Crippen LogP contribution in [0.2, 0.25) is 0 Å². The smallest absolute Gasteiger partial charge is 0.320 e. The van der Waals surface area contributed by atoms with E-state index in [2.05, 4.69) is 11.8 Å². The molecule has 0 saturated carbocycles. The third-order valence-electron chi connectivity index (χ3n) is 2.85. The molecule has 108 valence electrons. The van der Waals surface area contributed by atoms with Crippen molar-refractivity contribution in [1.29, 1.82) is 0 Å². The van der Waals surface area contributed by atoms with Crippen LogP contribution in [-0.2, 0) is 11.2 Å². The van der Waals surface area contributed by atoms with Crippen molar-refractivity contribution in [2.24, 2.45) is 5.73 Å². The number of aliphatic carboxylic acids is 1. The first kappa shape index (κ1) is 16.8. The number of halogens is 1. The van der Waals surface area contributed by atoms with Gasteiger partial charge in [-0.3, -0.25) is 4.79 Å². The Bertz CT molecular complexity index is 642. The number of benzene rings is 2. The summed E-state index contributed by atoms with van der Waals surface area (Å²) in [5, 5.41) is 8.76. The molecule has 3 N–H and O–H groups in total. The van der Waals surface area contributed by atoms with Crippen molar-refractivity contribution >= 4 is 18.4 Å². The maximum Gasteiger partial charge on any atom is 0.320 e. The van der Waals surface area contributed by atoms with Crippen LogP contribution in [0.15, 0.2) is 54.6 Å². The Kier molecular flexibility index (Phi) is 6.48. The van der Waals surface area contributed by atoms with Crippen molar-refractivity contribution in [1.82, 2.24) is 0 Å². The van der Waals surface area contributed by atoms with Crippen LogP contribution in [0, 0.1) is 11.8 Å². The van der Waals surface area contributed by atoms with Gasteiger partial charge in [0, 0.05) is 11.1 Å². The minimum Gasteiger partial charge on any atom is -0.480 e. The molecular weight excluding hydrogens is 286 g/mol. The molecule has 0 bridgehead atoms. The third kappa shape index (κ3) is 5.31. The molecule has 0 radical (unpaired) electrons. The number of carboxylic acid groups (broad SMARTS) is 1. The lowest BCUT2D eigenvalue weighted by molar-refractivity contribution is -0.138. The first-order chi connectivity index (χ1) is 9.65. The van der Waals surface area contributed by atoms with E-state index in [1.54, 1.807) is 0 Å². The van der Waals surface area contributed by atoms with Gasteiger partial charge in [-0.1, -0.05) is 42.2 Å². The van der Waals surface area contributed by atoms with E-state index in [0.29, 0.717) is 6.42 Å². The van der Waals surface area contributed by atoms with Gasteiger partial charge < -0.3 is 10.8 Å². The van der Waals surface area contributed by atoms with E-state index < -0.39 is 12.0 Å². The molecule has 2 aromatic rings. The fourth-order valence-electron chi connectivity index (χ4n) is 1.73. The summed E-state index contributed by atoms with van der Waals surface area (Å²) < 4.78 is 0. The highest BCUT2D eigenvalue weighted by atomic mass is 35.5. The lowest BCUT2D eigenvalue weighted by Gasteiger charge is -2.05. The van der Waals surface area contributed by atoms with E-state index in [4.69, 9.17) is 10.8 Å².